The summed E-state index contributed by atoms with van der Waals surface area (Å²) in [6.45, 7) is 1.89. The molecule has 1 aliphatic carbocycles. The molecule has 2 aromatic heterocycles. The Morgan fingerprint density at radius 1 is 1.28 bits per heavy atom. The van der Waals surface area contributed by atoms with Crippen molar-refractivity contribution in [3.8, 4) is 0 Å². The molecule has 4 rings (SSSR count). The van der Waals surface area contributed by atoms with Gasteiger partial charge < -0.3 is 0 Å². The highest BCUT2D eigenvalue weighted by Crippen LogP contribution is 2.32. The summed E-state index contributed by atoms with van der Waals surface area (Å²) in [4.78, 5) is 35.3. The second-order valence-corrected chi connectivity index (χ2v) is 9.32. The van der Waals surface area contributed by atoms with E-state index in [-0.39, 0.29) is 17.8 Å². The SMILES string of the molecule is Cc1cc(Cl)cc2c(=O)n(C(CC3CCCCC3)C(=O)Cc3nccs3)cnc12. The van der Waals surface area contributed by atoms with Crippen molar-refractivity contribution in [3.05, 3.63) is 56.0 Å². The molecule has 1 unspecified atom stereocenters. The number of rotatable bonds is 6. The molecular weight excluding hydrogens is 406 g/mol. The largest absolute Gasteiger partial charge is 0.297 e. The zero-order valence-electron chi connectivity index (χ0n) is 16.4. The first-order chi connectivity index (χ1) is 14.0. The smallest absolute Gasteiger partial charge is 0.261 e. The number of ketones is 1. The standard InChI is InChI=1S/C22H24ClN3O2S/c1-14-9-16(23)11-17-21(14)25-13-26(22(17)28)18(10-15-5-3-2-4-6-15)19(27)12-20-24-7-8-29-20/h7-9,11,13,15,18H,2-6,10,12H2,1H3. The van der Waals surface area contributed by atoms with Crippen LogP contribution in [0.2, 0.25) is 5.02 Å². The van der Waals surface area contributed by atoms with Crippen LogP contribution in [0.5, 0.6) is 0 Å². The monoisotopic (exact) mass is 429 g/mol. The van der Waals surface area contributed by atoms with Crippen molar-refractivity contribution in [2.24, 2.45) is 5.92 Å². The molecule has 1 aromatic carbocycles. The van der Waals surface area contributed by atoms with Gasteiger partial charge in [0.1, 0.15) is 0 Å². The van der Waals surface area contributed by atoms with Crippen molar-refractivity contribution in [2.45, 2.75) is 57.9 Å². The molecule has 1 atom stereocenters. The highest BCUT2D eigenvalue weighted by molar-refractivity contribution is 7.09. The van der Waals surface area contributed by atoms with Gasteiger partial charge in [-0.15, -0.1) is 11.3 Å². The van der Waals surface area contributed by atoms with Gasteiger partial charge in [-0.25, -0.2) is 9.97 Å². The highest BCUT2D eigenvalue weighted by Gasteiger charge is 2.28. The minimum Gasteiger partial charge on any atom is -0.297 e. The molecule has 0 radical (unpaired) electrons. The third-order valence-corrected chi connectivity index (χ3v) is 6.84. The number of benzene rings is 1. The van der Waals surface area contributed by atoms with E-state index in [4.69, 9.17) is 11.6 Å². The van der Waals surface area contributed by atoms with Gasteiger partial charge in [0.15, 0.2) is 5.78 Å². The van der Waals surface area contributed by atoms with E-state index >= 15 is 0 Å². The number of carbonyl (C=O) groups is 1. The van der Waals surface area contributed by atoms with Crippen LogP contribution in [0, 0.1) is 12.8 Å². The summed E-state index contributed by atoms with van der Waals surface area (Å²) in [6, 6.07) is 2.93. The number of hydrogen-bond acceptors (Lipinski definition) is 5. The van der Waals surface area contributed by atoms with Crippen LogP contribution in [-0.4, -0.2) is 20.3 Å². The van der Waals surface area contributed by atoms with Crippen LogP contribution < -0.4 is 5.56 Å². The van der Waals surface area contributed by atoms with E-state index in [9.17, 15) is 9.59 Å². The number of halogens is 1. The molecular formula is C22H24ClN3O2S. The van der Waals surface area contributed by atoms with Crippen LogP contribution >= 0.6 is 22.9 Å². The number of thiazole rings is 1. The van der Waals surface area contributed by atoms with Crippen molar-refractivity contribution in [1.29, 1.82) is 0 Å². The molecule has 2 heterocycles. The Labute approximate surface area is 178 Å². The maximum Gasteiger partial charge on any atom is 0.261 e. The molecule has 0 amide bonds. The molecule has 1 saturated carbocycles. The van der Waals surface area contributed by atoms with Crippen LogP contribution in [-0.2, 0) is 11.2 Å². The molecule has 0 aliphatic heterocycles. The maximum atomic E-state index is 13.3. The van der Waals surface area contributed by atoms with Crippen molar-refractivity contribution >= 4 is 39.6 Å². The maximum absolute atomic E-state index is 13.3. The van der Waals surface area contributed by atoms with Gasteiger partial charge in [-0.3, -0.25) is 14.2 Å². The molecule has 152 valence electrons. The summed E-state index contributed by atoms with van der Waals surface area (Å²) < 4.78 is 1.53. The Morgan fingerprint density at radius 2 is 2.07 bits per heavy atom. The third kappa shape index (κ3) is 4.43. The second kappa shape index (κ2) is 8.76. The topological polar surface area (TPSA) is 64.8 Å². The van der Waals surface area contributed by atoms with E-state index in [0.717, 1.165) is 23.4 Å². The van der Waals surface area contributed by atoms with Crippen LogP contribution in [0.15, 0.2) is 34.8 Å². The summed E-state index contributed by atoms with van der Waals surface area (Å²) in [5, 5.41) is 3.62. The number of nitrogens with zero attached hydrogens (tertiary/aromatic N) is 3. The van der Waals surface area contributed by atoms with Gasteiger partial charge in [0.2, 0.25) is 0 Å². The minimum absolute atomic E-state index is 0.0209. The number of aryl methyl sites for hydroxylation is 1. The zero-order chi connectivity index (χ0) is 20.4. The summed E-state index contributed by atoms with van der Waals surface area (Å²) in [5.41, 5.74) is 1.29. The van der Waals surface area contributed by atoms with Crippen molar-refractivity contribution in [3.63, 3.8) is 0 Å². The predicted octanol–water partition coefficient (Wildman–Crippen LogP) is 5.14. The molecule has 1 aliphatic rings. The summed E-state index contributed by atoms with van der Waals surface area (Å²) in [5.74, 6) is 0.477. The van der Waals surface area contributed by atoms with Gasteiger partial charge in [-0.2, -0.15) is 0 Å². The normalized spacial score (nSPS) is 16.2. The first kappa shape index (κ1) is 20.2. The fraction of sp³-hybridized carbons (Fsp3) is 0.455. The van der Waals surface area contributed by atoms with Gasteiger partial charge >= 0.3 is 0 Å². The predicted molar refractivity (Wildman–Crippen MR) is 117 cm³/mol. The first-order valence-corrected chi connectivity index (χ1v) is 11.4. The molecule has 1 fully saturated rings. The van der Waals surface area contributed by atoms with Crippen molar-refractivity contribution in [2.75, 3.05) is 0 Å². The van der Waals surface area contributed by atoms with E-state index in [2.05, 4.69) is 9.97 Å². The number of hydrogen-bond donors (Lipinski definition) is 0. The lowest BCUT2D eigenvalue weighted by atomic mass is 9.83. The molecule has 0 saturated heterocycles. The molecule has 0 spiro atoms. The molecule has 0 bridgehead atoms. The Hall–Kier alpha value is -2.05. The zero-order valence-corrected chi connectivity index (χ0v) is 18.0. The Morgan fingerprint density at radius 3 is 2.79 bits per heavy atom. The third-order valence-electron chi connectivity index (χ3n) is 5.84. The molecule has 29 heavy (non-hydrogen) atoms. The van der Waals surface area contributed by atoms with Crippen LogP contribution in [0.3, 0.4) is 0 Å². The Bertz CT molecular complexity index is 1070. The highest BCUT2D eigenvalue weighted by atomic mass is 35.5. The van der Waals surface area contributed by atoms with Gasteiger partial charge in [0.25, 0.3) is 5.56 Å². The van der Waals surface area contributed by atoms with Crippen LogP contribution in [0.1, 0.15) is 55.1 Å². The first-order valence-electron chi connectivity index (χ1n) is 10.1. The fourth-order valence-corrected chi connectivity index (χ4v) is 5.25. The lowest BCUT2D eigenvalue weighted by molar-refractivity contribution is -0.122. The van der Waals surface area contributed by atoms with Gasteiger partial charge in [-0.1, -0.05) is 43.7 Å². The van der Waals surface area contributed by atoms with E-state index < -0.39 is 6.04 Å². The van der Waals surface area contributed by atoms with Gasteiger partial charge in [0.05, 0.1) is 34.7 Å². The average Bonchev–Trinajstić information content (AvgIpc) is 3.21. The Balaban J connectivity index is 1.74. The van der Waals surface area contributed by atoms with Crippen LogP contribution in [0.4, 0.5) is 0 Å². The molecule has 7 heteroatoms. The van der Waals surface area contributed by atoms with E-state index in [1.165, 1.54) is 35.2 Å². The molecule has 5 nitrogen and oxygen atoms in total. The lowest BCUT2D eigenvalue weighted by Crippen LogP contribution is -2.33. The summed E-state index contributed by atoms with van der Waals surface area (Å²) in [7, 11) is 0. The molecule has 3 aromatic rings. The number of carbonyl (C=O) groups excluding carboxylic acids is 1. The number of Topliss-reactive ketones (excluding diaryl/α,β-unsaturated/α-hetero) is 1. The molecule has 0 N–H and O–H groups in total. The van der Waals surface area contributed by atoms with Gasteiger partial charge in [0, 0.05) is 16.6 Å². The fourth-order valence-electron chi connectivity index (χ4n) is 4.35. The van der Waals surface area contributed by atoms with Gasteiger partial charge in [-0.05, 0) is 37.0 Å². The Kier molecular flexibility index (Phi) is 6.11. The van der Waals surface area contributed by atoms with E-state index in [1.54, 1.807) is 24.7 Å². The second-order valence-electron chi connectivity index (χ2n) is 7.90. The van der Waals surface area contributed by atoms with E-state index in [1.807, 2.05) is 12.3 Å². The quantitative estimate of drug-likeness (QED) is 0.544. The van der Waals surface area contributed by atoms with Crippen molar-refractivity contribution in [1.82, 2.24) is 14.5 Å². The lowest BCUT2D eigenvalue weighted by Gasteiger charge is -2.27. The minimum atomic E-state index is -0.523. The average molecular weight is 430 g/mol. The van der Waals surface area contributed by atoms with Crippen molar-refractivity contribution < 1.29 is 4.79 Å². The summed E-state index contributed by atoms with van der Waals surface area (Å²) in [6.07, 6.45) is 10.0. The summed E-state index contributed by atoms with van der Waals surface area (Å²) >= 11 is 7.66. The van der Waals surface area contributed by atoms with Crippen LogP contribution in [0.25, 0.3) is 10.9 Å². The van der Waals surface area contributed by atoms with E-state index in [0.29, 0.717) is 28.3 Å². The number of aromatic nitrogens is 3. The number of fused-ring (bicyclic) bond motifs is 1.